The van der Waals surface area contributed by atoms with Gasteiger partial charge in [-0.15, -0.1) is 0 Å². The summed E-state index contributed by atoms with van der Waals surface area (Å²) >= 11 is 9.41. The van der Waals surface area contributed by atoms with Crippen LogP contribution in [0.15, 0.2) is 41.0 Å². The molecule has 0 unspecified atom stereocenters. The van der Waals surface area contributed by atoms with E-state index in [1.165, 1.54) is 5.56 Å². The summed E-state index contributed by atoms with van der Waals surface area (Å²) < 4.78 is 6.56. The smallest absolute Gasteiger partial charge is 0.238 e. The SMILES string of the molecule is CC(C)(C)c1cccc(Oc2ncc(Br)cc2Cl)c1. The number of hydrogen-bond acceptors (Lipinski definition) is 2. The summed E-state index contributed by atoms with van der Waals surface area (Å²) in [6, 6.07) is 9.74. The maximum Gasteiger partial charge on any atom is 0.238 e. The molecule has 0 radical (unpaired) electrons. The zero-order valence-electron chi connectivity index (χ0n) is 11.1. The van der Waals surface area contributed by atoms with Gasteiger partial charge >= 0.3 is 0 Å². The molecule has 2 rings (SSSR count). The first kappa shape index (κ1) is 14.4. The molecule has 1 heterocycles. The average molecular weight is 341 g/mol. The van der Waals surface area contributed by atoms with E-state index in [2.05, 4.69) is 47.8 Å². The number of halogens is 2. The largest absolute Gasteiger partial charge is 0.438 e. The van der Waals surface area contributed by atoms with Crippen LogP contribution in [0.2, 0.25) is 5.02 Å². The van der Waals surface area contributed by atoms with Gasteiger partial charge in [-0.1, -0.05) is 44.5 Å². The zero-order chi connectivity index (χ0) is 14.0. The first-order chi connectivity index (χ1) is 8.86. The van der Waals surface area contributed by atoms with Gasteiger partial charge in [-0.2, -0.15) is 0 Å². The molecule has 0 spiro atoms. The van der Waals surface area contributed by atoms with E-state index < -0.39 is 0 Å². The highest BCUT2D eigenvalue weighted by molar-refractivity contribution is 9.10. The van der Waals surface area contributed by atoms with Crippen molar-refractivity contribution in [2.24, 2.45) is 0 Å². The quantitative estimate of drug-likeness (QED) is 0.711. The van der Waals surface area contributed by atoms with Crippen molar-refractivity contribution in [3.63, 3.8) is 0 Å². The number of nitrogens with zero attached hydrogens (tertiary/aromatic N) is 1. The van der Waals surface area contributed by atoms with Crippen LogP contribution in [0.25, 0.3) is 0 Å². The second-order valence-corrected chi connectivity index (χ2v) is 6.64. The van der Waals surface area contributed by atoms with Gasteiger partial charge in [0.05, 0.1) is 0 Å². The van der Waals surface area contributed by atoms with Crippen LogP contribution in [-0.2, 0) is 5.41 Å². The van der Waals surface area contributed by atoms with Crippen LogP contribution in [0, 0.1) is 0 Å². The average Bonchev–Trinajstić information content (AvgIpc) is 2.32. The summed E-state index contributed by atoms with van der Waals surface area (Å²) in [4.78, 5) is 4.16. The minimum Gasteiger partial charge on any atom is -0.438 e. The van der Waals surface area contributed by atoms with E-state index in [1.54, 1.807) is 12.3 Å². The molecule has 0 aliphatic rings. The third kappa shape index (κ3) is 3.71. The van der Waals surface area contributed by atoms with Gasteiger partial charge in [-0.25, -0.2) is 4.98 Å². The molecule has 0 aliphatic heterocycles. The van der Waals surface area contributed by atoms with E-state index in [-0.39, 0.29) is 5.41 Å². The normalized spacial score (nSPS) is 11.4. The molecule has 1 aromatic carbocycles. The number of rotatable bonds is 2. The van der Waals surface area contributed by atoms with E-state index in [4.69, 9.17) is 16.3 Å². The van der Waals surface area contributed by atoms with Gasteiger partial charge in [0.15, 0.2) is 0 Å². The number of ether oxygens (including phenoxy) is 1. The highest BCUT2D eigenvalue weighted by Crippen LogP contribution is 2.31. The Hall–Kier alpha value is -1.06. The molecule has 0 bridgehead atoms. The van der Waals surface area contributed by atoms with Crippen molar-refractivity contribution in [1.82, 2.24) is 4.98 Å². The molecular weight excluding hydrogens is 326 g/mol. The standard InChI is InChI=1S/C15H15BrClNO/c1-15(2,3)10-5-4-6-12(7-10)19-14-13(17)8-11(16)9-18-14/h4-9H,1-3H3. The molecule has 0 saturated heterocycles. The molecule has 0 N–H and O–H groups in total. The molecule has 0 amide bonds. The first-order valence-electron chi connectivity index (χ1n) is 5.96. The summed E-state index contributed by atoms with van der Waals surface area (Å²) in [6.45, 7) is 6.49. The van der Waals surface area contributed by atoms with Crippen molar-refractivity contribution in [2.45, 2.75) is 26.2 Å². The van der Waals surface area contributed by atoms with Crippen molar-refractivity contribution in [3.05, 3.63) is 51.6 Å². The highest BCUT2D eigenvalue weighted by Gasteiger charge is 2.14. The van der Waals surface area contributed by atoms with Crippen LogP contribution in [0.5, 0.6) is 11.6 Å². The van der Waals surface area contributed by atoms with E-state index in [0.717, 1.165) is 10.2 Å². The lowest BCUT2D eigenvalue weighted by Crippen LogP contribution is -2.10. The van der Waals surface area contributed by atoms with E-state index >= 15 is 0 Å². The Balaban J connectivity index is 2.29. The third-order valence-electron chi connectivity index (χ3n) is 2.69. The van der Waals surface area contributed by atoms with Crippen LogP contribution in [0.1, 0.15) is 26.3 Å². The zero-order valence-corrected chi connectivity index (χ0v) is 13.4. The molecule has 0 aliphatic carbocycles. The second-order valence-electron chi connectivity index (χ2n) is 5.32. The Kier molecular flexibility index (Phi) is 4.16. The van der Waals surface area contributed by atoms with Crippen molar-refractivity contribution >= 4 is 27.5 Å². The van der Waals surface area contributed by atoms with E-state index in [9.17, 15) is 0 Å². The minimum absolute atomic E-state index is 0.0797. The predicted octanol–water partition coefficient (Wildman–Crippen LogP) is 5.59. The van der Waals surface area contributed by atoms with Gasteiger partial charge in [-0.3, -0.25) is 0 Å². The van der Waals surface area contributed by atoms with Gasteiger partial charge in [0, 0.05) is 10.7 Å². The summed E-state index contributed by atoms with van der Waals surface area (Å²) in [6.07, 6.45) is 1.66. The Morgan fingerprint density at radius 1 is 1.21 bits per heavy atom. The maximum absolute atomic E-state index is 6.09. The summed E-state index contributed by atoms with van der Waals surface area (Å²) in [5.74, 6) is 1.15. The maximum atomic E-state index is 6.09. The summed E-state index contributed by atoms with van der Waals surface area (Å²) in [5, 5.41) is 0.482. The van der Waals surface area contributed by atoms with Gasteiger partial charge in [0.2, 0.25) is 5.88 Å². The van der Waals surface area contributed by atoms with E-state index in [0.29, 0.717) is 10.9 Å². The molecule has 1 aromatic heterocycles. The van der Waals surface area contributed by atoms with Crippen molar-refractivity contribution in [3.8, 4) is 11.6 Å². The third-order valence-corrected chi connectivity index (χ3v) is 3.39. The number of benzene rings is 1. The van der Waals surface area contributed by atoms with Crippen LogP contribution < -0.4 is 4.74 Å². The monoisotopic (exact) mass is 339 g/mol. The molecule has 2 nitrogen and oxygen atoms in total. The predicted molar refractivity (Wildman–Crippen MR) is 82.2 cm³/mol. The van der Waals surface area contributed by atoms with Gasteiger partial charge in [0.1, 0.15) is 10.8 Å². The molecule has 0 atom stereocenters. The lowest BCUT2D eigenvalue weighted by atomic mass is 9.87. The fourth-order valence-electron chi connectivity index (χ4n) is 1.61. The van der Waals surface area contributed by atoms with Crippen LogP contribution >= 0.6 is 27.5 Å². The summed E-state index contributed by atoms with van der Waals surface area (Å²) in [5.41, 5.74) is 1.29. The van der Waals surface area contributed by atoms with Crippen LogP contribution in [0.4, 0.5) is 0 Å². The van der Waals surface area contributed by atoms with Crippen LogP contribution in [-0.4, -0.2) is 4.98 Å². The number of hydrogen-bond donors (Lipinski definition) is 0. The van der Waals surface area contributed by atoms with Gasteiger partial charge in [-0.05, 0) is 45.1 Å². The Labute approximate surface area is 126 Å². The number of pyridine rings is 1. The molecule has 19 heavy (non-hydrogen) atoms. The Morgan fingerprint density at radius 2 is 1.95 bits per heavy atom. The van der Waals surface area contributed by atoms with Crippen molar-refractivity contribution < 1.29 is 4.74 Å². The Bertz CT molecular complexity index is 593. The molecule has 100 valence electrons. The highest BCUT2D eigenvalue weighted by atomic mass is 79.9. The van der Waals surface area contributed by atoms with Crippen molar-refractivity contribution in [2.75, 3.05) is 0 Å². The molecular formula is C15H15BrClNO. The second kappa shape index (κ2) is 5.51. The Morgan fingerprint density at radius 3 is 2.58 bits per heavy atom. The van der Waals surface area contributed by atoms with Crippen molar-refractivity contribution in [1.29, 1.82) is 0 Å². The van der Waals surface area contributed by atoms with Gasteiger partial charge in [0.25, 0.3) is 0 Å². The molecule has 0 fully saturated rings. The molecule has 0 saturated carbocycles. The lowest BCUT2D eigenvalue weighted by molar-refractivity contribution is 0.460. The molecule has 4 heteroatoms. The van der Waals surface area contributed by atoms with Crippen LogP contribution in [0.3, 0.4) is 0 Å². The molecule has 2 aromatic rings. The topological polar surface area (TPSA) is 22.1 Å². The lowest BCUT2D eigenvalue weighted by Gasteiger charge is -2.19. The fraction of sp³-hybridized carbons (Fsp3) is 0.267. The first-order valence-corrected chi connectivity index (χ1v) is 7.13. The fourth-order valence-corrected chi connectivity index (χ4v) is 2.28. The van der Waals surface area contributed by atoms with Gasteiger partial charge < -0.3 is 4.74 Å². The van der Waals surface area contributed by atoms with E-state index in [1.807, 2.05) is 18.2 Å². The minimum atomic E-state index is 0.0797. The number of aromatic nitrogens is 1. The summed E-state index contributed by atoms with van der Waals surface area (Å²) in [7, 11) is 0.